The van der Waals surface area contributed by atoms with Crippen LogP contribution >= 0.6 is 0 Å². The molecular formula is C9H5F3N2O5. The maximum Gasteiger partial charge on any atom is 0.491 e. The molecule has 1 aromatic rings. The van der Waals surface area contributed by atoms with Gasteiger partial charge in [0, 0.05) is 6.07 Å². The number of esters is 2. The quantitative estimate of drug-likeness (QED) is 0.356. The monoisotopic (exact) mass is 278 g/mol. The van der Waals surface area contributed by atoms with Crippen molar-refractivity contribution in [1.82, 2.24) is 4.98 Å². The van der Waals surface area contributed by atoms with Crippen LogP contribution in [0.2, 0.25) is 0 Å². The third-order valence-corrected chi connectivity index (χ3v) is 1.78. The van der Waals surface area contributed by atoms with Gasteiger partial charge in [-0.05, 0) is 6.07 Å². The Kier molecular flexibility index (Phi) is 4.14. The number of nitrogens with zero attached hydrogens (tertiary/aromatic N) is 2. The van der Waals surface area contributed by atoms with Crippen LogP contribution in [0.1, 0.15) is 5.69 Å². The van der Waals surface area contributed by atoms with Crippen LogP contribution in [0.5, 0.6) is 0 Å². The fourth-order valence-electron chi connectivity index (χ4n) is 0.974. The van der Waals surface area contributed by atoms with E-state index in [1.54, 1.807) is 0 Å². The average Bonchev–Trinajstić information content (AvgIpc) is 2.28. The van der Waals surface area contributed by atoms with Crippen LogP contribution in [0.3, 0.4) is 0 Å². The molecule has 10 heteroatoms. The summed E-state index contributed by atoms with van der Waals surface area (Å²) in [5, 5.41) is 10.3. The molecule has 102 valence electrons. The van der Waals surface area contributed by atoms with E-state index in [2.05, 4.69) is 9.72 Å². The highest BCUT2D eigenvalue weighted by Gasteiger charge is 2.42. The smallest absolute Gasteiger partial charge is 0.386 e. The SMILES string of the molecule is O=C(Cc1ccc([N+](=O)[O-])cn1)OC(=O)C(F)(F)F. The van der Waals surface area contributed by atoms with Crippen LogP contribution in [0.15, 0.2) is 18.3 Å². The Labute approximate surface area is 103 Å². The van der Waals surface area contributed by atoms with Gasteiger partial charge in [0.2, 0.25) is 0 Å². The van der Waals surface area contributed by atoms with Gasteiger partial charge in [0.25, 0.3) is 5.69 Å². The standard InChI is InChI=1S/C9H5F3N2O5/c10-9(11,12)8(16)19-7(15)3-5-1-2-6(4-13-5)14(17)18/h1-2,4H,3H2. The lowest BCUT2D eigenvalue weighted by Crippen LogP contribution is -2.28. The number of carbonyl (C=O) groups is 2. The lowest BCUT2D eigenvalue weighted by Gasteiger charge is -2.05. The zero-order valence-corrected chi connectivity index (χ0v) is 9.01. The van der Waals surface area contributed by atoms with Crippen LogP contribution in [0, 0.1) is 10.1 Å². The van der Waals surface area contributed by atoms with Crippen LogP contribution in [-0.2, 0) is 20.7 Å². The first-order valence-corrected chi connectivity index (χ1v) is 4.61. The molecule has 0 saturated heterocycles. The highest BCUT2D eigenvalue weighted by molar-refractivity contribution is 5.89. The number of carbonyl (C=O) groups excluding carboxylic acids is 2. The molecule has 0 radical (unpaired) electrons. The summed E-state index contributed by atoms with van der Waals surface area (Å²) in [6.07, 6.45) is -5.15. The second kappa shape index (κ2) is 5.42. The average molecular weight is 278 g/mol. The van der Waals surface area contributed by atoms with Crippen molar-refractivity contribution in [2.75, 3.05) is 0 Å². The summed E-state index contributed by atoms with van der Waals surface area (Å²) in [7, 11) is 0. The maximum absolute atomic E-state index is 11.8. The molecule has 0 aromatic carbocycles. The third-order valence-electron chi connectivity index (χ3n) is 1.78. The van der Waals surface area contributed by atoms with E-state index in [0.29, 0.717) is 0 Å². The zero-order valence-electron chi connectivity index (χ0n) is 9.01. The Hall–Kier alpha value is -2.52. The van der Waals surface area contributed by atoms with Gasteiger partial charge in [-0.15, -0.1) is 0 Å². The first kappa shape index (κ1) is 14.5. The molecule has 0 bridgehead atoms. The van der Waals surface area contributed by atoms with E-state index < -0.39 is 29.5 Å². The first-order chi connectivity index (χ1) is 8.70. The summed E-state index contributed by atoms with van der Waals surface area (Å²) < 4.78 is 38.8. The van der Waals surface area contributed by atoms with E-state index in [0.717, 1.165) is 18.3 Å². The normalized spacial score (nSPS) is 10.9. The van der Waals surface area contributed by atoms with E-state index >= 15 is 0 Å². The summed E-state index contributed by atoms with van der Waals surface area (Å²) >= 11 is 0. The van der Waals surface area contributed by atoms with E-state index in [1.807, 2.05) is 0 Å². The fraction of sp³-hybridized carbons (Fsp3) is 0.222. The van der Waals surface area contributed by atoms with Crippen molar-refractivity contribution in [3.63, 3.8) is 0 Å². The number of hydrogen-bond acceptors (Lipinski definition) is 6. The second-order valence-corrected chi connectivity index (χ2v) is 3.20. The van der Waals surface area contributed by atoms with Gasteiger partial charge in [0.05, 0.1) is 17.0 Å². The molecule has 19 heavy (non-hydrogen) atoms. The number of alkyl halides is 3. The lowest BCUT2D eigenvalue weighted by molar-refractivity contribution is -0.385. The van der Waals surface area contributed by atoms with Gasteiger partial charge in [-0.2, -0.15) is 13.2 Å². The fourth-order valence-corrected chi connectivity index (χ4v) is 0.974. The zero-order chi connectivity index (χ0) is 14.6. The number of hydrogen-bond donors (Lipinski definition) is 0. The molecule has 1 aromatic heterocycles. The van der Waals surface area contributed by atoms with Crippen molar-refractivity contribution in [2.24, 2.45) is 0 Å². The van der Waals surface area contributed by atoms with Crippen molar-refractivity contribution < 1.29 is 32.4 Å². The molecule has 0 unspecified atom stereocenters. The molecule has 0 N–H and O–H groups in total. The highest BCUT2D eigenvalue weighted by Crippen LogP contribution is 2.17. The number of rotatable bonds is 3. The van der Waals surface area contributed by atoms with Crippen molar-refractivity contribution in [3.8, 4) is 0 Å². The van der Waals surface area contributed by atoms with Crippen LogP contribution in [0.4, 0.5) is 18.9 Å². The summed E-state index contributed by atoms with van der Waals surface area (Å²) in [6, 6.07) is 2.08. The largest absolute Gasteiger partial charge is 0.491 e. The molecule has 1 rings (SSSR count). The van der Waals surface area contributed by atoms with E-state index in [-0.39, 0.29) is 11.4 Å². The molecular weight excluding hydrogens is 273 g/mol. The van der Waals surface area contributed by atoms with Crippen molar-refractivity contribution >= 4 is 17.6 Å². The maximum atomic E-state index is 11.8. The molecule has 0 fully saturated rings. The van der Waals surface area contributed by atoms with Crippen LogP contribution in [0.25, 0.3) is 0 Å². The molecule has 0 aliphatic carbocycles. The Morgan fingerprint density at radius 1 is 1.37 bits per heavy atom. The topological polar surface area (TPSA) is 99.4 Å². The number of ether oxygens (including phenoxy) is 1. The van der Waals surface area contributed by atoms with E-state index in [4.69, 9.17) is 0 Å². The Morgan fingerprint density at radius 2 is 2.00 bits per heavy atom. The lowest BCUT2D eigenvalue weighted by atomic mass is 10.2. The summed E-state index contributed by atoms with van der Waals surface area (Å²) in [5.74, 6) is -4.08. The minimum absolute atomic E-state index is 0.0643. The minimum Gasteiger partial charge on any atom is -0.386 e. The third kappa shape index (κ3) is 4.33. The molecule has 0 amide bonds. The predicted molar refractivity (Wildman–Crippen MR) is 51.7 cm³/mol. The summed E-state index contributed by atoms with van der Waals surface area (Å²) in [4.78, 5) is 34.3. The van der Waals surface area contributed by atoms with Crippen LogP contribution in [-0.4, -0.2) is 28.0 Å². The van der Waals surface area contributed by atoms with Gasteiger partial charge in [-0.25, -0.2) is 4.79 Å². The van der Waals surface area contributed by atoms with Gasteiger partial charge in [-0.1, -0.05) is 0 Å². The molecule has 1 heterocycles. The number of nitro groups is 1. The molecule has 0 saturated carbocycles. The van der Waals surface area contributed by atoms with Crippen molar-refractivity contribution in [3.05, 3.63) is 34.1 Å². The number of halogens is 3. The highest BCUT2D eigenvalue weighted by atomic mass is 19.4. The predicted octanol–water partition coefficient (Wildman–Crippen LogP) is 1.16. The molecule has 7 nitrogen and oxygen atoms in total. The van der Waals surface area contributed by atoms with Gasteiger partial charge < -0.3 is 4.74 Å². The molecule has 0 aliphatic heterocycles. The van der Waals surface area contributed by atoms with E-state index in [9.17, 15) is 32.9 Å². The van der Waals surface area contributed by atoms with Crippen LogP contribution < -0.4 is 0 Å². The summed E-state index contributed by atoms with van der Waals surface area (Å²) in [5.41, 5.74) is -0.408. The van der Waals surface area contributed by atoms with Gasteiger partial charge in [0.15, 0.2) is 0 Å². The minimum atomic E-state index is -5.27. The first-order valence-electron chi connectivity index (χ1n) is 4.61. The van der Waals surface area contributed by atoms with E-state index in [1.165, 1.54) is 0 Å². The van der Waals surface area contributed by atoms with Crippen molar-refractivity contribution in [2.45, 2.75) is 12.6 Å². The molecule has 0 atom stereocenters. The number of pyridine rings is 1. The van der Waals surface area contributed by atoms with Gasteiger partial charge in [-0.3, -0.25) is 19.9 Å². The number of aromatic nitrogens is 1. The van der Waals surface area contributed by atoms with Gasteiger partial charge in [0.1, 0.15) is 6.20 Å². The second-order valence-electron chi connectivity index (χ2n) is 3.20. The van der Waals surface area contributed by atoms with Crippen molar-refractivity contribution in [1.29, 1.82) is 0 Å². The summed E-state index contributed by atoms with van der Waals surface area (Å²) in [6.45, 7) is 0. The molecule has 0 spiro atoms. The molecule has 0 aliphatic rings. The Bertz CT molecular complexity index is 512. The van der Waals surface area contributed by atoms with Gasteiger partial charge >= 0.3 is 18.1 Å². The Morgan fingerprint density at radius 3 is 2.42 bits per heavy atom. The Balaban J connectivity index is 2.63.